The molecule has 38 heavy (non-hydrogen) atoms. The monoisotopic (exact) mass is 527 g/mol. The van der Waals surface area contributed by atoms with Crippen molar-refractivity contribution in [3.05, 3.63) is 47.0 Å². The zero-order valence-corrected chi connectivity index (χ0v) is 24.1. The number of benzene rings is 2. The van der Waals surface area contributed by atoms with Crippen LogP contribution >= 0.6 is 0 Å². The molecule has 7 nitrogen and oxygen atoms in total. The Morgan fingerprint density at radius 2 is 1.58 bits per heavy atom. The third-order valence-corrected chi connectivity index (χ3v) is 8.04. The standard InChI is InChI=1S/C31H45NO6/c1-20(2)30-23(12-11-22-18-28(37-6)29(38-7)19-25(22)30)24(31(33)34)14-16-32(3)15-8-9-21-10-13-26(35-4)27(17-21)36-5/h10,13,17-20,23-24,30H,8-9,11-12,14-16H2,1-7H3,(H,33,34)/t23-,24?,30+/m0/s1. The number of carbonyl (C=O) groups is 1. The Morgan fingerprint density at radius 1 is 0.947 bits per heavy atom. The predicted octanol–water partition coefficient (Wildman–Crippen LogP) is 5.68. The normalized spacial score (nSPS) is 17.7. The number of ether oxygens (including phenoxy) is 4. The van der Waals surface area contributed by atoms with Gasteiger partial charge in [0.05, 0.1) is 34.4 Å². The van der Waals surface area contributed by atoms with Gasteiger partial charge >= 0.3 is 5.97 Å². The molecular formula is C31H45NO6. The van der Waals surface area contributed by atoms with E-state index in [9.17, 15) is 9.90 Å². The zero-order valence-electron chi connectivity index (χ0n) is 24.1. The van der Waals surface area contributed by atoms with Gasteiger partial charge < -0.3 is 29.0 Å². The lowest BCUT2D eigenvalue weighted by Gasteiger charge is -2.40. The summed E-state index contributed by atoms with van der Waals surface area (Å²) in [6, 6.07) is 10.2. The first kappa shape index (κ1) is 29.6. The molecular weight excluding hydrogens is 482 g/mol. The molecule has 3 atom stereocenters. The average Bonchev–Trinajstić information content (AvgIpc) is 2.91. The summed E-state index contributed by atoms with van der Waals surface area (Å²) in [4.78, 5) is 14.8. The van der Waals surface area contributed by atoms with Crippen molar-refractivity contribution in [1.29, 1.82) is 0 Å². The number of carboxylic acid groups (broad SMARTS) is 1. The van der Waals surface area contributed by atoms with Gasteiger partial charge in [-0.05, 0) is 111 Å². The molecule has 7 heteroatoms. The molecule has 0 saturated carbocycles. The van der Waals surface area contributed by atoms with Crippen LogP contribution < -0.4 is 18.9 Å². The molecule has 0 aromatic heterocycles. The number of nitrogens with zero attached hydrogens (tertiary/aromatic N) is 1. The maximum absolute atomic E-state index is 12.5. The number of hydrogen-bond donors (Lipinski definition) is 1. The molecule has 0 radical (unpaired) electrons. The molecule has 0 bridgehead atoms. The summed E-state index contributed by atoms with van der Waals surface area (Å²) >= 11 is 0. The number of hydrogen-bond acceptors (Lipinski definition) is 6. The highest BCUT2D eigenvalue weighted by Crippen LogP contribution is 2.48. The van der Waals surface area contributed by atoms with Crippen LogP contribution in [-0.4, -0.2) is 64.6 Å². The minimum Gasteiger partial charge on any atom is -0.493 e. The fourth-order valence-corrected chi connectivity index (χ4v) is 6.08. The minimum atomic E-state index is -0.691. The molecule has 0 amide bonds. The number of rotatable bonds is 14. The Bertz CT molecular complexity index is 1070. The van der Waals surface area contributed by atoms with Gasteiger partial charge in [-0.3, -0.25) is 4.79 Å². The zero-order chi connectivity index (χ0) is 27.8. The molecule has 0 spiro atoms. The molecule has 0 aliphatic heterocycles. The first-order chi connectivity index (χ1) is 18.2. The molecule has 3 rings (SSSR count). The quantitative estimate of drug-likeness (QED) is 0.339. The van der Waals surface area contributed by atoms with Crippen LogP contribution in [0.4, 0.5) is 0 Å². The highest BCUT2D eigenvalue weighted by Gasteiger charge is 2.40. The molecule has 0 saturated heterocycles. The third-order valence-electron chi connectivity index (χ3n) is 8.04. The summed E-state index contributed by atoms with van der Waals surface area (Å²) in [5, 5.41) is 10.3. The summed E-state index contributed by atoms with van der Waals surface area (Å²) in [6.45, 7) is 6.05. The Kier molecular flexibility index (Phi) is 10.7. The average molecular weight is 528 g/mol. The maximum Gasteiger partial charge on any atom is 0.306 e. The largest absolute Gasteiger partial charge is 0.493 e. The van der Waals surface area contributed by atoms with Crippen molar-refractivity contribution in [2.45, 2.75) is 51.9 Å². The van der Waals surface area contributed by atoms with Crippen molar-refractivity contribution in [3.63, 3.8) is 0 Å². The molecule has 0 heterocycles. The number of methoxy groups -OCH3 is 4. The number of aliphatic carboxylic acids is 1. The first-order valence-corrected chi connectivity index (χ1v) is 13.6. The van der Waals surface area contributed by atoms with Crippen LogP contribution in [0.3, 0.4) is 0 Å². The van der Waals surface area contributed by atoms with Crippen LogP contribution in [0.15, 0.2) is 30.3 Å². The highest BCUT2D eigenvalue weighted by molar-refractivity contribution is 5.71. The van der Waals surface area contributed by atoms with Crippen molar-refractivity contribution in [3.8, 4) is 23.0 Å². The first-order valence-electron chi connectivity index (χ1n) is 13.6. The minimum absolute atomic E-state index is 0.0817. The second-order valence-electron chi connectivity index (χ2n) is 10.7. The molecule has 1 aliphatic rings. The van der Waals surface area contributed by atoms with E-state index in [-0.39, 0.29) is 11.8 Å². The van der Waals surface area contributed by atoms with Crippen LogP contribution in [0, 0.1) is 17.8 Å². The smallest absolute Gasteiger partial charge is 0.306 e. The summed E-state index contributed by atoms with van der Waals surface area (Å²) in [6.07, 6.45) is 4.27. The number of aryl methyl sites for hydroxylation is 2. The number of fused-ring (bicyclic) bond motifs is 1. The fraction of sp³-hybridized carbons (Fsp3) is 0.581. The Morgan fingerprint density at radius 3 is 2.18 bits per heavy atom. The van der Waals surface area contributed by atoms with Crippen molar-refractivity contribution < 1.29 is 28.8 Å². The second kappa shape index (κ2) is 13.7. The van der Waals surface area contributed by atoms with Crippen LogP contribution in [0.2, 0.25) is 0 Å². The van der Waals surface area contributed by atoms with Crippen LogP contribution in [0.25, 0.3) is 0 Å². The number of carboxylic acids is 1. The lowest BCUT2D eigenvalue weighted by atomic mass is 9.65. The van der Waals surface area contributed by atoms with E-state index >= 15 is 0 Å². The molecule has 2 aromatic carbocycles. The van der Waals surface area contributed by atoms with E-state index in [2.05, 4.69) is 44.0 Å². The van der Waals surface area contributed by atoms with Gasteiger partial charge in [-0.25, -0.2) is 0 Å². The van der Waals surface area contributed by atoms with Crippen molar-refractivity contribution >= 4 is 5.97 Å². The molecule has 210 valence electrons. The van der Waals surface area contributed by atoms with Gasteiger partial charge in [0.1, 0.15) is 0 Å². The van der Waals surface area contributed by atoms with Gasteiger partial charge in [0.15, 0.2) is 23.0 Å². The molecule has 1 aliphatic carbocycles. The van der Waals surface area contributed by atoms with Gasteiger partial charge in [-0.2, -0.15) is 0 Å². The lowest BCUT2D eigenvalue weighted by Crippen LogP contribution is -2.36. The van der Waals surface area contributed by atoms with E-state index in [1.807, 2.05) is 12.1 Å². The van der Waals surface area contributed by atoms with Crippen molar-refractivity contribution in [1.82, 2.24) is 4.90 Å². The third kappa shape index (κ3) is 6.93. The molecule has 2 aromatic rings. The van der Waals surface area contributed by atoms with Crippen LogP contribution in [-0.2, 0) is 17.6 Å². The van der Waals surface area contributed by atoms with Gasteiger partial charge in [0.25, 0.3) is 0 Å². The van der Waals surface area contributed by atoms with E-state index in [0.29, 0.717) is 18.1 Å². The molecule has 1 unspecified atom stereocenters. The van der Waals surface area contributed by atoms with Gasteiger partial charge in [0, 0.05) is 0 Å². The van der Waals surface area contributed by atoms with Crippen LogP contribution in [0.1, 0.15) is 55.7 Å². The van der Waals surface area contributed by atoms with Crippen molar-refractivity contribution in [2.75, 3.05) is 48.6 Å². The van der Waals surface area contributed by atoms with Crippen LogP contribution in [0.5, 0.6) is 23.0 Å². The Hall–Kier alpha value is -2.93. The van der Waals surface area contributed by atoms with E-state index in [0.717, 1.165) is 56.0 Å². The van der Waals surface area contributed by atoms with E-state index in [1.165, 1.54) is 16.7 Å². The van der Waals surface area contributed by atoms with Gasteiger partial charge in [-0.15, -0.1) is 0 Å². The molecule has 1 N–H and O–H groups in total. The topological polar surface area (TPSA) is 77.5 Å². The summed E-state index contributed by atoms with van der Waals surface area (Å²) < 4.78 is 21.9. The van der Waals surface area contributed by atoms with E-state index in [4.69, 9.17) is 18.9 Å². The summed E-state index contributed by atoms with van der Waals surface area (Å²) in [5.74, 6) is 2.39. The Labute approximate surface area is 228 Å². The summed E-state index contributed by atoms with van der Waals surface area (Å²) in [7, 11) is 8.67. The summed E-state index contributed by atoms with van der Waals surface area (Å²) in [5.41, 5.74) is 3.66. The lowest BCUT2D eigenvalue weighted by molar-refractivity contribution is -0.145. The van der Waals surface area contributed by atoms with Crippen molar-refractivity contribution in [2.24, 2.45) is 17.8 Å². The van der Waals surface area contributed by atoms with E-state index in [1.54, 1.807) is 28.4 Å². The maximum atomic E-state index is 12.5. The Balaban J connectivity index is 1.65. The second-order valence-corrected chi connectivity index (χ2v) is 10.7. The highest BCUT2D eigenvalue weighted by atomic mass is 16.5. The van der Waals surface area contributed by atoms with E-state index < -0.39 is 11.9 Å². The van der Waals surface area contributed by atoms with Gasteiger partial charge in [0.2, 0.25) is 0 Å². The van der Waals surface area contributed by atoms with Gasteiger partial charge in [-0.1, -0.05) is 19.9 Å². The predicted molar refractivity (Wildman–Crippen MR) is 150 cm³/mol. The molecule has 0 fully saturated rings. The fourth-order valence-electron chi connectivity index (χ4n) is 6.08. The SMILES string of the molecule is COc1ccc(CCCN(C)CCC(C(=O)O)[C@@H]2CCc3cc(OC)c(OC)cc3[C@@H]2C(C)C)cc1OC.